The van der Waals surface area contributed by atoms with E-state index in [0.717, 1.165) is 23.9 Å². The molecule has 0 aliphatic heterocycles. The quantitative estimate of drug-likeness (QED) is 0.792. The van der Waals surface area contributed by atoms with E-state index in [1.807, 2.05) is 25.2 Å². The van der Waals surface area contributed by atoms with Crippen molar-refractivity contribution >= 4 is 11.8 Å². The van der Waals surface area contributed by atoms with Gasteiger partial charge in [-0.2, -0.15) is 4.98 Å². The maximum atomic E-state index is 5.39. The van der Waals surface area contributed by atoms with E-state index in [9.17, 15) is 0 Å². The molecular weight excluding hydrogens is 270 g/mol. The topological polar surface area (TPSA) is 51.0 Å². The molecule has 0 saturated heterocycles. The molecule has 2 atom stereocenters. The van der Waals surface area contributed by atoms with E-state index >= 15 is 0 Å². The summed E-state index contributed by atoms with van der Waals surface area (Å²) in [5.41, 5.74) is 0. The van der Waals surface area contributed by atoms with Gasteiger partial charge in [-0.15, -0.1) is 11.8 Å². The van der Waals surface area contributed by atoms with Gasteiger partial charge in [0.05, 0.1) is 11.7 Å². The monoisotopic (exact) mass is 291 g/mol. The summed E-state index contributed by atoms with van der Waals surface area (Å²) in [5.74, 6) is 2.44. The highest BCUT2D eigenvalue weighted by Gasteiger charge is 2.21. The number of nitrogens with one attached hydrogen (secondary N) is 1. The Balaban J connectivity index is 1.95. The first-order valence-corrected chi connectivity index (χ1v) is 7.90. The van der Waals surface area contributed by atoms with Crippen LogP contribution in [0.4, 0.5) is 0 Å². The highest BCUT2D eigenvalue weighted by molar-refractivity contribution is 7.98. The number of benzene rings is 1. The summed E-state index contributed by atoms with van der Waals surface area (Å²) in [4.78, 5) is 5.72. The first-order chi connectivity index (χ1) is 9.74. The number of aromatic nitrogens is 2. The Morgan fingerprint density at radius 2 is 2.05 bits per heavy atom. The third-order valence-corrected chi connectivity index (χ3v) is 4.41. The molecule has 0 spiro atoms. The Morgan fingerprint density at radius 1 is 1.30 bits per heavy atom. The van der Waals surface area contributed by atoms with Crippen LogP contribution in [0.2, 0.25) is 0 Å². The van der Waals surface area contributed by atoms with Crippen molar-refractivity contribution < 1.29 is 4.52 Å². The van der Waals surface area contributed by atoms with E-state index in [1.165, 1.54) is 4.90 Å². The van der Waals surface area contributed by atoms with Crippen LogP contribution in [-0.2, 0) is 5.75 Å². The van der Waals surface area contributed by atoms with Crippen LogP contribution in [0.1, 0.15) is 37.9 Å². The van der Waals surface area contributed by atoms with Crippen molar-refractivity contribution in [2.75, 3.05) is 7.05 Å². The lowest BCUT2D eigenvalue weighted by Crippen LogP contribution is -2.30. The van der Waals surface area contributed by atoms with Crippen molar-refractivity contribution in [2.24, 2.45) is 0 Å². The van der Waals surface area contributed by atoms with Crippen LogP contribution in [0.3, 0.4) is 0 Å². The highest BCUT2D eigenvalue weighted by Crippen LogP contribution is 2.23. The molecule has 0 saturated carbocycles. The van der Waals surface area contributed by atoms with Gasteiger partial charge >= 0.3 is 0 Å². The summed E-state index contributed by atoms with van der Waals surface area (Å²) in [5, 5.41) is 7.35. The van der Waals surface area contributed by atoms with Crippen LogP contribution in [0.5, 0.6) is 0 Å². The lowest BCUT2D eigenvalue weighted by atomic mass is 10.00. The molecule has 1 aromatic carbocycles. The van der Waals surface area contributed by atoms with Gasteiger partial charge < -0.3 is 9.84 Å². The molecule has 1 heterocycles. The third kappa shape index (κ3) is 3.84. The Hall–Kier alpha value is -1.33. The lowest BCUT2D eigenvalue weighted by molar-refractivity contribution is 0.324. The number of hydrogen-bond donors (Lipinski definition) is 1. The Morgan fingerprint density at radius 3 is 2.70 bits per heavy atom. The molecule has 1 aromatic heterocycles. The molecule has 2 aromatic rings. The van der Waals surface area contributed by atoms with Crippen molar-refractivity contribution in [3.05, 3.63) is 42.0 Å². The molecular formula is C15H21N3OS. The van der Waals surface area contributed by atoms with Gasteiger partial charge in [0.25, 0.3) is 0 Å². The van der Waals surface area contributed by atoms with E-state index < -0.39 is 0 Å². The van der Waals surface area contributed by atoms with E-state index in [4.69, 9.17) is 4.52 Å². The molecule has 0 aliphatic carbocycles. The number of likely N-dealkylation sites (N-methyl/N-ethyl adjacent to an activating group) is 1. The minimum atomic E-state index is 0.230. The molecule has 0 amide bonds. The average molecular weight is 291 g/mol. The zero-order chi connectivity index (χ0) is 14.4. The lowest BCUT2D eigenvalue weighted by Gasteiger charge is -2.18. The fraction of sp³-hybridized carbons (Fsp3) is 0.467. The second kappa shape index (κ2) is 7.45. The molecule has 5 heteroatoms. The number of hydrogen-bond acceptors (Lipinski definition) is 5. The van der Waals surface area contributed by atoms with Crippen LogP contribution in [0.25, 0.3) is 0 Å². The second-order valence-electron chi connectivity index (χ2n) is 4.74. The summed E-state index contributed by atoms with van der Waals surface area (Å²) in [7, 11) is 1.97. The van der Waals surface area contributed by atoms with Gasteiger partial charge in [0.1, 0.15) is 0 Å². The normalized spacial score (nSPS) is 14.2. The summed E-state index contributed by atoms with van der Waals surface area (Å²) < 4.78 is 5.39. The molecule has 0 radical (unpaired) electrons. The predicted octanol–water partition coefficient (Wildman–Crippen LogP) is 3.46. The molecule has 0 aliphatic rings. The highest BCUT2D eigenvalue weighted by atomic mass is 32.2. The zero-order valence-corrected chi connectivity index (χ0v) is 13.0. The van der Waals surface area contributed by atoms with E-state index in [2.05, 4.69) is 41.4 Å². The second-order valence-corrected chi connectivity index (χ2v) is 5.79. The van der Waals surface area contributed by atoms with Crippen LogP contribution in [0, 0.1) is 0 Å². The van der Waals surface area contributed by atoms with Crippen molar-refractivity contribution in [2.45, 2.75) is 42.9 Å². The molecule has 20 heavy (non-hydrogen) atoms. The van der Waals surface area contributed by atoms with E-state index in [0.29, 0.717) is 6.04 Å². The van der Waals surface area contributed by atoms with Crippen LogP contribution in [0.15, 0.2) is 39.8 Å². The minimum Gasteiger partial charge on any atom is -0.339 e. The van der Waals surface area contributed by atoms with Gasteiger partial charge in [0, 0.05) is 10.9 Å². The van der Waals surface area contributed by atoms with Gasteiger partial charge in [0.2, 0.25) is 5.89 Å². The largest absolute Gasteiger partial charge is 0.339 e. The number of nitrogens with zero attached hydrogens (tertiary/aromatic N) is 2. The molecule has 4 nitrogen and oxygen atoms in total. The average Bonchev–Trinajstić information content (AvgIpc) is 2.96. The van der Waals surface area contributed by atoms with Crippen LogP contribution < -0.4 is 5.32 Å². The SMILES string of the molecule is CCC(NC)C(C)c1nc(CSc2ccccc2)no1. The summed E-state index contributed by atoms with van der Waals surface area (Å²) in [6, 6.07) is 10.6. The molecule has 1 N–H and O–H groups in total. The maximum Gasteiger partial charge on any atom is 0.231 e. The van der Waals surface area contributed by atoms with Gasteiger partial charge in [-0.25, -0.2) is 0 Å². The van der Waals surface area contributed by atoms with Gasteiger partial charge in [-0.05, 0) is 25.6 Å². The molecule has 0 bridgehead atoms. The number of thioether (sulfide) groups is 1. The third-order valence-electron chi connectivity index (χ3n) is 3.40. The van der Waals surface area contributed by atoms with Crippen molar-refractivity contribution in [1.82, 2.24) is 15.5 Å². The molecule has 0 fully saturated rings. The van der Waals surface area contributed by atoms with Crippen LogP contribution in [-0.4, -0.2) is 23.2 Å². The fourth-order valence-corrected chi connectivity index (χ4v) is 2.92. The van der Waals surface area contributed by atoms with Crippen molar-refractivity contribution in [1.29, 1.82) is 0 Å². The maximum absolute atomic E-state index is 5.39. The molecule has 2 unspecified atom stereocenters. The van der Waals surface area contributed by atoms with E-state index in [-0.39, 0.29) is 5.92 Å². The smallest absolute Gasteiger partial charge is 0.231 e. The summed E-state index contributed by atoms with van der Waals surface area (Å²) >= 11 is 1.72. The zero-order valence-electron chi connectivity index (χ0n) is 12.2. The molecule has 2 rings (SSSR count). The van der Waals surface area contributed by atoms with Crippen molar-refractivity contribution in [3.8, 4) is 0 Å². The number of rotatable bonds is 7. The van der Waals surface area contributed by atoms with Crippen molar-refractivity contribution in [3.63, 3.8) is 0 Å². The van der Waals surface area contributed by atoms with E-state index in [1.54, 1.807) is 11.8 Å². The fourth-order valence-electron chi connectivity index (χ4n) is 2.16. The first kappa shape index (κ1) is 15.1. The Kier molecular flexibility index (Phi) is 5.61. The van der Waals surface area contributed by atoms with Gasteiger partial charge in [0.15, 0.2) is 5.82 Å². The Labute approximate surface area is 124 Å². The van der Waals surface area contributed by atoms with Crippen LogP contribution >= 0.6 is 11.8 Å². The Bertz CT molecular complexity index is 511. The predicted molar refractivity (Wildman–Crippen MR) is 81.9 cm³/mol. The summed E-state index contributed by atoms with van der Waals surface area (Å²) in [6.07, 6.45) is 1.04. The van der Waals surface area contributed by atoms with Gasteiger partial charge in [-0.3, -0.25) is 0 Å². The minimum absolute atomic E-state index is 0.230. The molecule has 108 valence electrons. The summed E-state index contributed by atoms with van der Waals surface area (Å²) in [6.45, 7) is 4.27. The first-order valence-electron chi connectivity index (χ1n) is 6.92. The van der Waals surface area contributed by atoms with Gasteiger partial charge in [-0.1, -0.05) is 37.2 Å². The standard InChI is InChI=1S/C15H21N3OS/c1-4-13(16-3)11(2)15-17-14(18-19-15)10-20-12-8-6-5-7-9-12/h5-9,11,13,16H,4,10H2,1-3H3.